The fourth-order valence-electron chi connectivity index (χ4n) is 7.77. The van der Waals surface area contributed by atoms with E-state index in [9.17, 15) is 0 Å². The smallest absolute Gasteiger partial charge is 0.00773 e. The molecule has 39 heavy (non-hydrogen) atoms. The Labute approximate surface area is 248 Å². The molecule has 2 atom stereocenters. The van der Waals surface area contributed by atoms with Gasteiger partial charge in [-0.15, -0.1) is 0 Å². The zero-order chi connectivity index (χ0) is 28.2. The summed E-state index contributed by atoms with van der Waals surface area (Å²) in [6.45, 7) is 6.43. The van der Waals surface area contributed by atoms with E-state index in [1.54, 1.807) is 12.8 Å². The van der Waals surface area contributed by atoms with Crippen LogP contribution in [0.5, 0.6) is 0 Å². The largest absolute Gasteiger partial charge is 0.330 e. The van der Waals surface area contributed by atoms with Crippen molar-refractivity contribution in [3.05, 3.63) is 0 Å². The van der Waals surface area contributed by atoms with Crippen molar-refractivity contribution in [2.45, 2.75) is 200 Å². The lowest BCUT2D eigenvalue weighted by molar-refractivity contribution is 0.0741. The SMILES string of the molecule is CCCCCCCCC1C(CCCCCCCCN)CC(CCCCCCC)CC1CCCCCCCCN. The molecule has 0 saturated heterocycles. The monoisotopic (exact) mass is 549 g/mol. The fourth-order valence-corrected chi connectivity index (χ4v) is 7.77. The van der Waals surface area contributed by atoms with Crippen LogP contribution in [0.2, 0.25) is 0 Å². The highest BCUT2D eigenvalue weighted by atomic mass is 14.5. The lowest BCUT2D eigenvalue weighted by Crippen LogP contribution is -2.33. The van der Waals surface area contributed by atoms with Crippen LogP contribution in [-0.2, 0) is 0 Å². The Bertz CT molecular complexity index is 450. The third kappa shape index (κ3) is 20.4. The van der Waals surface area contributed by atoms with Gasteiger partial charge in [0.05, 0.1) is 0 Å². The minimum Gasteiger partial charge on any atom is -0.330 e. The van der Waals surface area contributed by atoms with Crippen LogP contribution >= 0.6 is 0 Å². The summed E-state index contributed by atoms with van der Waals surface area (Å²) in [5.41, 5.74) is 11.4. The predicted octanol–water partition coefficient (Wildman–Crippen LogP) is 11.7. The van der Waals surface area contributed by atoms with Crippen molar-refractivity contribution in [3.63, 3.8) is 0 Å². The van der Waals surface area contributed by atoms with Crippen LogP contribution in [0.3, 0.4) is 0 Å². The maximum absolute atomic E-state index is 5.71. The summed E-state index contributed by atoms with van der Waals surface area (Å²) in [5, 5.41) is 0. The van der Waals surface area contributed by atoms with E-state index in [0.717, 1.165) is 36.8 Å². The molecular weight excluding hydrogens is 472 g/mol. The van der Waals surface area contributed by atoms with Gasteiger partial charge in [-0.05, 0) is 68.9 Å². The fraction of sp³-hybridized carbons (Fsp3) is 1.00. The van der Waals surface area contributed by atoms with Gasteiger partial charge in [-0.25, -0.2) is 0 Å². The zero-order valence-electron chi connectivity index (χ0n) is 27.4. The predicted molar refractivity (Wildman–Crippen MR) is 177 cm³/mol. The van der Waals surface area contributed by atoms with Gasteiger partial charge < -0.3 is 11.5 Å². The molecule has 2 unspecified atom stereocenters. The van der Waals surface area contributed by atoms with Gasteiger partial charge in [0.2, 0.25) is 0 Å². The highest BCUT2D eigenvalue weighted by Gasteiger charge is 2.36. The van der Waals surface area contributed by atoms with Crippen molar-refractivity contribution >= 4 is 0 Å². The number of rotatable bonds is 29. The summed E-state index contributed by atoms with van der Waals surface area (Å²) in [4.78, 5) is 0. The Morgan fingerprint density at radius 3 is 1.13 bits per heavy atom. The standard InChI is InChI=1S/C37H76N2/c1-3-5-7-9-17-23-29-37-35(27-21-15-10-12-18-24-30-38)32-34(26-20-14-8-6-4-2)33-36(37)28-22-16-11-13-19-25-31-39/h34-37H,3-33,38-39H2,1-2H3. The molecule has 1 aliphatic carbocycles. The average Bonchev–Trinajstić information content (AvgIpc) is 2.94. The summed E-state index contributed by atoms with van der Waals surface area (Å²) >= 11 is 0. The van der Waals surface area contributed by atoms with Crippen LogP contribution < -0.4 is 11.5 Å². The minimum atomic E-state index is 0.872. The minimum absolute atomic E-state index is 0.872. The van der Waals surface area contributed by atoms with E-state index in [0.29, 0.717) is 0 Å². The molecule has 2 heteroatoms. The molecule has 0 aliphatic heterocycles. The molecule has 4 N–H and O–H groups in total. The highest BCUT2D eigenvalue weighted by molar-refractivity contribution is 4.86. The number of hydrogen-bond donors (Lipinski definition) is 2. The molecule has 0 aromatic carbocycles. The van der Waals surface area contributed by atoms with Crippen molar-refractivity contribution in [3.8, 4) is 0 Å². The van der Waals surface area contributed by atoms with Gasteiger partial charge in [-0.2, -0.15) is 0 Å². The molecule has 2 nitrogen and oxygen atoms in total. The van der Waals surface area contributed by atoms with Crippen LogP contribution in [0.4, 0.5) is 0 Å². The third-order valence-corrected chi connectivity index (χ3v) is 10.1. The Morgan fingerprint density at radius 1 is 0.385 bits per heavy atom. The summed E-state index contributed by atoms with van der Waals surface area (Å²) in [5.74, 6) is 4.10. The first-order chi connectivity index (χ1) is 19.3. The van der Waals surface area contributed by atoms with Crippen molar-refractivity contribution in [2.24, 2.45) is 35.1 Å². The van der Waals surface area contributed by atoms with E-state index in [2.05, 4.69) is 13.8 Å². The van der Waals surface area contributed by atoms with E-state index in [4.69, 9.17) is 11.5 Å². The summed E-state index contributed by atoms with van der Waals surface area (Å²) in [7, 11) is 0. The Balaban J connectivity index is 2.68. The topological polar surface area (TPSA) is 52.0 Å². The molecule has 0 amide bonds. The van der Waals surface area contributed by atoms with Gasteiger partial charge in [-0.3, -0.25) is 0 Å². The Hall–Kier alpha value is -0.0800. The highest BCUT2D eigenvalue weighted by Crippen LogP contribution is 2.47. The Morgan fingerprint density at radius 2 is 0.718 bits per heavy atom. The zero-order valence-corrected chi connectivity index (χ0v) is 27.4. The molecule has 0 aromatic rings. The summed E-state index contributed by atoms with van der Waals surface area (Å²) < 4.78 is 0. The second-order valence-corrected chi connectivity index (χ2v) is 13.7. The number of nitrogens with two attached hydrogens (primary N) is 2. The van der Waals surface area contributed by atoms with Gasteiger partial charge >= 0.3 is 0 Å². The third-order valence-electron chi connectivity index (χ3n) is 10.1. The molecular formula is C37H76N2. The molecule has 1 rings (SSSR count). The Kier molecular flexibility index (Phi) is 26.6. The van der Waals surface area contributed by atoms with E-state index in [1.807, 2.05) is 0 Å². The van der Waals surface area contributed by atoms with E-state index in [1.165, 1.54) is 173 Å². The molecule has 1 saturated carbocycles. The molecule has 0 bridgehead atoms. The first-order valence-electron chi connectivity index (χ1n) is 18.7. The number of hydrogen-bond acceptors (Lipinski definition) is 2. The second kappa shape index (κ2) is 28.1. The molecule has 1 aliphatic rings. The molecule has 0 radical (unpaired) electrons. The lowest BCUT2D eigenvalue weighted by atomic mass is 9.62. The summed E-state index contributed by atoms with van der Waals surface area (Å²) in [6.07, 6.45) is 41.9. The normalized spacial score (nSPS) is 21.5. The quantitative estimate of drug-likeness (QED) is 0.0913. The number of unbranched alkanes of at least 4 members (excludes halogenated alkanes) is 19. The average molecular weight is 549 g/mol. The molecule has 0 aromatic heterocycles. The van der Waals surface area contributed by atoms with E-state index < -0.39 is 0 Å². The second-order valence-electron chi connectivity index (χ2n) is 13.7. The summed E-state index contributed by atoms with van der Waals surface area (Å²) in [6, 6.07) is 0. The van der Waals surface area contributed by atoms with Crippen LogP contribution in [0.15, 0.2) is 0 Å². The van der Waals surface area contributed by atoms with Gasteiger partial charge in [0.25, 0.3) is 0 Å². The maximum Gasteiger partial charge on any atom is -0.00773 e. The van der Waals surface area contributed by atoms with Crippen LogP contribution in [0.1, 0.15) is 200 Å². The van der Waals surface area contributed by atoms with Crippen molar-refractivity contribution in [2.75, 3.05) is 13.1 Å². The maximum atomic E-state index is 5.71. The molecule has 0 heterocycles. The van der Waals surface area contributed by atoms with Gasteiger partial charge in [0.15, 0.2) is 0 Å². The molecule has 234 valence electrons. The first kappa shape index (κ1) is 36.9. The van der Waals surface area contributed by atoms with Crippen molar-refractivity contribution < 1.29 is 0 Å². The first-order valence-corrected chi connectivity index (χ1v) is 18.7. The van der Waals surface area contributed by atoms with E-state index >= 15 is 0 Å². The van der Waals surface area contributed by atoms with Crippen molar-refractivity contribution in [1.29, 1.82) is 0 Å². The van der Waals surface area contributed by atoms with Gasteiger partial charge in [0.1, 0.15) is 0 Å². The van der Waals surface area contributed by atoms with E-state index in [-0.39, 0.29) is 0 Å². The van der Waals surface area contributed by atoms with Gasteiger partial charge in [-0.1, -0.05) is 168 Å². The lowest BCUT2D eigenvalue weighted by Gasteiger charge is -2.43. The van der Waals surface area contributed by atoms with Crippen LogP contribution in [0, 0.1) is 23.7 Å². The molecule has 1 fully saturated rings. The van der Waals surface area contributed by atoms with Crippen molar-refractivity contribution in [1.82, 2.24) is 0 Å². The van der Waals surface area contributed by atoms with Gasteiger partial charge in [0, 0.05) is 0 Å². The molecule has 0 spiro atoms. The van der Waals surface area contributed by atoms with Crippen LogP contribution in [-0.4, -0.2) is 13.1 Å². The van der Waals surface area contributed by atoms with Crippen LogP contribution in [0.25, 0.3) is 0 Å².